The Bertz CT molecular complexity index is 729. The summed E-state index contributed by atoms with van der Waals surface area (Å²) < 4.78 is 4.22. The van der Waals surface area contributed by atoms with Crippen molar-refractivity contribution in [3.63, 3.8) is 0 Å². The van der Waals surface area contributed by atoms with E-state index in [1.165, 1.54) is 12.8 Å². The molecule has 2 aromatic rings. The molecule has 128 valence electrons. The van der Waals surface area contributed by atoms with Crippen molar-refractivity contribution < 1.29 is 4.79 Å². The highest BCUT2D eigenvalue weighted by Gasteiger charge is 2.34. The number of nitrogens with zero attached hydrogens (tertiary/aromatic N) is 5. The van der Waals surface area contributed by atoms with Crippen molar-refractivity contribution in [1.29, 1.82) is 0 Å². The molecule has 1 unspecified atom stereocenters. The summed E-state index contributed by atoms with van der Waals surface area (Å²) >= 11 is 0. The second kappa shape index (κ2) is 6.09. The van der Waals surface area contributed by atoms with Crippen LogP contribution in [0.3, 0.4) is 0 Å². The number of aryl methyl sites for hydroxylation is 1. The van der Waals surface area contributed by atoms with Crippen molar-refractivity contribution in [3.8, 4) is 0 Å². The van der Waals surface area contributed by atoms with Crippen LogP contribution in [-0.2, 0) is 7.05 Å². The molecule has 0 spiro atoms. The largest absolute Gasteiger partial charge is 0.340 e. The normalized spacial score (nSPS) is 22.1. The third-order valence-corrected chi connectivity index (χ3v) is 5.28. The van der Waals surface area contributed by atoms with Crippen molar-refractivity contribution in [3.05, 3.63) is 42.2 Å². The third-order valence-electron chi connectivity index (χ3n) is 5.28. The number of hydrogen-bond acceptors (Lipinski definition) is 3. The van der Waals surface area contributed by atoms with Gasteiger partial charge in [0.05, 0.1) is 6.04 Å². The van der Waals surface area contributed by atoms with Gasteiger partial charge in [-0.15, -0.1) is 0 Å². The highest BCUT2D eigenvalue weighted by atomic mass is 16.2. The standard InChI is InChI=1S/C18H25N5O/c1-3-21-11-12-22(13-16(21)17-19-8-10-20(17)2)18(24)15-5-4-9-23(15)14-6-7-14/h4-5,8-10,14,16H,3,6-7,11-13H2,1-2H3. The molecule has 4 rings (SSSR count). The Morgan fingerprint density at radius 3 is 2.79 bits per heavy atom. The Kier molecular flexibility index (Phi) is 3.92. The van der Waals surface area contributed by atoms with E-state index < -0.39 is 0 Å². The maximum absolute atomic E-state index is 13.1. The van der Waals surface area contributed by atoms with Gasteiger partial charge in [-0.25, -0.2) is 4.98 Å². The molecule has 1 amide bonds. The van der Waals surface area contributed by atoms with Crippen LogP contribution in [0.4, 0.5) is 0 Å². The molecule has 3 heterocycles. The van der Waals surface area contributed by atoms with Crippen LogP contribution in [0.2, 0.25) is 0 Å². The molecule has 1 atom stereocenters. The topological polar surface area (TPSA) is 46.3 Å². The second-order valence-electron chi connectivity index (χ2n) is 6.82. The van der Waals surface area contributed by atoms with Crippen molar-refractivity contribution in [2.45, 2.75) is 31.8 Å². The summed E-state index contributed by atoms with van der Waals surface area (Å²) in [5.74, 6) is 1.19. The Balaban J connectivity index is 1.57. The summed E-state index contributed by atoms with van der Waals surface area (Å²) in [5, 5.41) is 0. The van der Waals surface area contributed by atoms with E-state index in [2.05, 4.69) is 25.9 Å². The molecule has 2 aliphatic rings. The maximum Gasteiger partial charge on any atom is 0.270 e. The molecular weight excluding hydrogens is 302 g/mol. The summed E-state index contributed by atoms with van der Waals surface area (Å²) in [6.45, 7) is 5.52. The molecular formula is C18H25N5O. The van der Waals surface area contributed by atoms with Crippen molar-refractivity contribution >= 4 is 5.91 Å². The second-order valence-corrected chi connectivity index (χ2v) is 6.82. The van der Waals surface area contributed by atoms with Crippen LogP contribution >= 0.6 is 0 Å². The van der Waals surface area contributed by atoms with Crippen molar-refractivity contribution in [2.75, 3.05) is 26.2 Å². The monoisotopic (exact) mass is 327 g/mol. The summed E-state index contributed by atoms with van der Waals surface area (Å²) in [4.78, 5) is 22.0. The van der Waals surface area contributed by atoms with Gasteiger partial charge in [-0.05, 0) is 31.5 Å². The quantitative estimate of drug-likeness (QED) is 0.864. The van der Waals surface area contributed by atoms with E-state index in [0.717, 1.165) is 31.2 Å². The predicted octanol–water partition coefficient (Wildman–Crippen LogP) is 2.08. The zero-order valence-corrected chi connectivity index (χ0v) is 14.4. The first kappa shape index (κ1) is 15.4. The molecule has 0 bridgehead atoms. The van der Waals surface area contributed by atoms with Gasteiger partial charge in [-0.3, -0.25) is 9.69 Å². The minimum Gasteiger partial charge on any atom is -0.340 e. The van der Waals surface area contributed by atoms with Gasteiger partial charge < -0.3 is 14.0 Å². The molecule has 6 nitrogen and oxygen atoms in total. The molecule has 24 heavy (non-hydrogen) atoms. The number of hydrogen-bond donors (Lipinski definition) is 0. The fourth-order valence-corrected chi connectivity index (χ4v) is 3.73. The molecule has 0 radical (unpaired) electrons. The van der Waals surface area contributed by atoms with E-state index in [1.807, 2.05) is 42.7 Å². The molecule has 0 N–H and O–H groups in total. The Labute approximate surface area is 142 Å². The third kappa shape index (κ3) is 2.65. The molecule has 0 aromatic carbocycles. The van der Waals surface area contributed by atoms with E-state index >= 15 is 0 Å². The predicted molar refractivity (Wildman–Crippen MR) is 91.8 cm³/mol. The number of aromatic nitrogens is 3. The molecule has 1 saturated heterocycles. The van der Waals surface area contributed by atoms with E-state index in [9.17, 15) is 4.79 Å². The number of likely N-dealkylation sites (N-methyl/N-ethyl adjacent to an activating group) is 1. The number of imidazole rings is 1. The first-order valence-corrected chi connectivity index (χ1v) is 8.86. The molecule has 1 saturated carbocycles. The molecule has 2 aromatic heterocycles. The first-order chi connectivity index (χ1) is 11.7. The van der Waals surface area contributed by atoms with Gasteiger partial charge in [0.25, 0.3) is 5.91 Å². The van der Waals surface area contributed by atoms with E-state index in [4.69, 9.17) is 0 Å². The first-order valence-electron chi connectivity index (χ1n) is 8.86. The average Bonchev–Trinajstić information content (AvgIpc) is 3.17. The summed E-state index contributed by atoms with van der Waals surface area (Å²) in [5.41, 5.74) is 0.834. The van der Waals surface area contributed by atoms with Crippen LogP contribution in [0.25, 0.3) is 0 Å². The van der Waals surface area contributed by atoms with Crippen LogP contribution in [0.1, 0.15) is 48.2 Å². The van der Waals surface area contributed by atoms with Gasteiger partial charge in [0.1, 0.15) is 11.5 Å². The number of carbonyl (C=O) groups is 1. The Morgan fingerprint density at radius 1 is 1.29 bits per heavy atom. The molecule has 1 aliphatic heterocycles. The lowest BCUT2D eigenvalue weighted by molar-refractivity contribution is 0.0463. The van der Waals surface area contributed by atoms with Gasteiger partial charge in [0.15, 0.2) is 0 Å². The minimum atomic E-state index is 0.155. The fraction of sp³-hybridized carbons (Fsp3) is 0.556. The maximum atomic E-state index is 13.1. The number of rotatable bonds is 4. The number of amides is 1. The summed E-state index contributed by atoms with van der Waals surface area (Å²) in [6.07, 6.45) is 8.23. The van der Waals surface area contributed by atoms with Crippen molar-refractivity contribution in [1.82, 2.24) is 23.9 Å². The van der Waals surface area contributed by atoms with Crippen LogP contribution in [-0.4, -0.2) is 56.0 Å². The average molecular weight is 327 g/mol. The zero-order valence-electron chi connectivity index (χ0n) is 14.4. The lowest BCUT2D eigenvalue weighted by Crippen LogP contribution is -2.51. The molecule has 6 heteroatoms. The lowest BCUT2D eigenvalue weighted by Gasteiger charge is -2.40. The van der Waals surface area contributed by atoms with Gasteiger partial charge >= 0.3 is 0 Å². The van der Waals surface area contributed by atoms with Crippen LogP contribution in [0.5, 0.6) is 0 Å². The Hall–Kier alpha value is -2.08. The number of piperazine rings is 1. The van der Waals surface area contributed by atoms with E-state index in [0.29, 0.717) is 12.6 Å². The summed E-state index contributed by atoms with van der Waals surface area (Å²) in [7, 11) is 2.02. The van der Waals surface area contributed by atoms with Crippen molar-refractivity contribution in [2.24, 2.45) is 7.05 Å². The van der Waals surface area contributed by atoms with Gasteiger partial charge in [0.2, 0.25) is 0 Å². The van der Waals surface area contributed by atoms with E-state index in [1.54, 1.807) is 0 Å². The van der Waals surface area contributed by atoms with Crippen LogP contribution in [0, 0.1) is 0 Å². The van der Waals surface area contributed by atoms with Gasteiger partial charge in [-0.2, -0.15) is 0 Å². The summed E-state index contributed by atoms with van der Waals surface area (Å²) in [6, 6.07) is 4.64. The highest BCUT2D eigenvalue weighted by Crippen LogP contribution is 2.36. The van der Waals surface area contributed by atoms with Crippen LogP contribution in [0.15, 0.2) is 30.7 Å². The van der Waals surface area contributed by atoms with Gasteiger partial charge in [0, 0.05) is 51.3 Å². The smallest absolute Gasteiger partial charge is 0.270 e. The fourth-order valence-electron chi connectivity index (χ4n) is 3.73. The Morgan fingerprint density at radius 2 is 2.12 bits per heavy atom. The lowest BCUT2D eigenvalue weighted by atomic mass is 10.1. The number of carbonyl (C=O) groups excluding carboxylic acids is 1. The zero-order chi connectivity index (χ0) is 16.7. The SMILES string of the molecule is CCN1CCN(C(=O)c2cccn2C2CC2)CC1c1nccn1C. The molecule has 2 fully saturated rings. The highest BCUT2D eigenvalue weighted by molar-refractivity contribution is 5.93. The van der Waals surface area contributed by atoms with Gasteiger partial charge in [-0.1, -0.05) is 6.92 Å². The minimum absolute atomic E-state index is 0.155. The van der Waals surface area contributed by atoms with E-state index in [-0.39, 0.29) is 11.9 Å². The molecule has 1 aliphatic carbocycles. The van der Waals surface area contributed by atoms with Crippen LogP contribution < -0.4 is 0 Å².